The van der Waals surface area contributed by atoms with Gasteiger partial charge in [-0.25, -0.2) is 9.52 Å². The van der Waals surface area contributed by atoms with Gasteiger partial charge in [0, 0.05) is 18.1 Å². The molecule has 0 aliphatic carbocycles. The number of amides is 1. The molecule has 1 aromatic rings. The molecule has 18 heavy (non-hydrogen) atoms. The Labute approximate surface area is 114 Å². The molecular formula is C10H13BrN2O4S. The van der Waals surface area contributed by atoms with Gasteiger partial charge in [0.2, 0.25) is 0 Å². The summed E-state index contributed by atoms with van der Waals surface area (Å²) in [5.74, 6) is 0. The lowest BCUT2D eigenvalue weighted by molar-refractivity contribution is 0.177. The summed E-state index contributed by atoms with van der Waals surface area (Å²) in [6, 6.07) is 7.22. The molecule has 0 aliphatic rings. The van der Waals surface area contributed by atoms with E-state index in [-0.39, 0.29) is 6.54 Å². The Morgan fingerprint density at radius 3 is 2.72 bits per heavy atom. The van der Waals surface area contributed by atoms with Crippen LogP contribution in [0.5, 0.6) is 0 Å². The minimum absolute atomic E-state index is 0.145. The summed E-state index contributed by atoms with van der Waals surface area (Å²) in [6.45, 7) is 0.145. The number of methoxy groups -OCH3 is 1. The van der Waals surface area contributed by atoms with Gasteiger partial charge in [0.25, 0.3) is 0 Å². The molecule has 0 aromatic heterocycles. The molecule has 0 saturated carbocycles. The van der Waals surface area contributed by atoms with Gasteiger partial charge in [0.1, 0.15) is 0 Å². The van der Waals surface area contributed by atoms with E-state index in [1.807, 2.05) is 6.07 Å². The SMILES string of the molecule is COC(=O)NS(=O)(=O)N(C)Cc1cccc(Br)c1. The summed E-state index contributed by atoms with van der Waals surface area (Å²) in [5, 5.41) is 0. The Bertz CT molecular complexity index is 532. The third-order valence-corrected chi connectivity index (χ3v) is 3.97. The van der Waals surface area contributed by atoms with Gasteiger partial charge in [0.15, 0.2) is 0 Å². The molecule has 0 aliphatic heterocycles. The van der Waals surface area contributed by atoms with E-state index in [9.17, 15) is 13.2 Å². The van der Waals surface area contributed by atoms with Gasteiger partial charge in [-0.05, 0) is 17.7 Å². The van der Waals surface area contributed by atoms with E-state index in [1.54, 1.807) is 22.9 Å². The summed E-state index contributed by atoms with van der Waals surface area (Å²) in [5.41, 5.74) is 0.794. The summed E-state index contributed by atoms with van der Waals surface area (Å²) in [6.07, 6.45) is -1.02. The molecule has 0 atom stereocenters. The number of carbonyl (C=O) groups is 1. The fourth-order valence-corrected chi connectivity index (χ4v) is 2.42. The van der Waals surface area contributed by atoms with E-state index in [4.69, 9.17) is 0 Å². The van der Waals surface area contributed by atoms with Crippen molar-refractivity contribution in [1.29, 1.82) is 0 Å². The Hall–Kier alpha value is -1.12. The first-order chi connectivity index (χ1) is 8.35. The number of halogens is 1. The molecule has 1 rings (SSSR count). The first-order valence-corrected chi connectivity index (χ1v) is 7.15. The molecule has 0 heterocycles. The number of hydrogen-bond acceptors (Lipinski definition) is 4. The van der Waals surface area contributed by atoms with Crippen LogP contribution in [0.2, 0.25) is 0 Å². The molecule has 6 nitrogen and oxygen atoms in total. The third kappa shape index (κ3) is 4.28. The fraction of sp³-hybridized carbons (Fsp3) is 0.300. The zero-order valence-corrected chi connectivity index (χ0v) is 12.3. The van der Waals surface area contributed by atoms with Gasteiger partial charge in [-0.15, -0.1) is 0 Å². The van der Waals surface area contributed by atoms with E-state index in [0.29, 0.717) is 0 Å². The number of ether oxygens (including phenoxy) is 1. The smallest absolute Gasteiger partial charge is 0.421 e. The number of carbonyl (C=O) groups excluding carboxylic acids is 1. The van der Waals surface area contributed by atoms with Gasteiger partial charge >= 0.3 is 16.3 Å². The first kappa shape index (κ1) is 14.9. The van der Waals surface area contributed by atoms with Crippen LogP contribution in [0.15, 0.2) is 28.7 Å². The van der Waals surface area contributed by atoms with E-state index in [2.05, 4.69) is 20.7 Å². The molecule has 8 heteroatoms. The predicted octanol–water partition coefficient (Wildman–Crippen LogP) is 1.48. The molecule has 0 spiro atoms. The molecule has 100 valence electrons. The van der Waals surface area contributed by atoms with Gasteiger partial charge in [-0.3, -0.25) is 0 Å². The van der Waals surface area contributed by atoms with Crippen LogP contribution < -0.4 is 4.72 Å². The Morgan fingerprint density at radius 1 is 1.50 bits per heavy atom. The van der Waals surface area contributed by atoms with Crippen molar-refractivity contribution >= 4 is 32.2 Å². The minimum atomic E-state index is -3.89. The number of rotatable bonds is 4. The monoisotopic (exact) mass is 336 g/mol. The molecular weight excluding hydrogens is 324 g/mol. The van der Waals surface area contributed by atoms with Crippen molar-refractivity contribution in [3.05, 3.63) is 34.3 Å². The molecule has 0 saturated heterocycles. The van der Waals surface area contributed by atoms with E-state index in [0.717, 1.165) is 21.5 Å². The van der Waals surface area contributed by atoms with Crippen LogP contribution in [0, 0.1) is 0 Å². The quantitative estimate of drug-likeness (QED) is 0.903. The van der Waals surface area contributed by atoms with Crippen LogP contribution in [-0.2, 0) is 21.5 Å². The maximum Gasteiger partial charge on any atom is 0.421 e. The second-order valence-electron chi connectivity index (χ2n) is 3.48. The van der Waals surface area contributed by atoms with E-state index < -0.39 is 16.3 Å². The number of hydrogen-bond donors (Lipinski definition) is 1. The molecule has 1 N–H and O–H groups in total. The number of nitrogens with one attached hydrogen (secondary N) is 1. The van der Waals surface area contributed by atoms with E-state index in [1.165, 1.54) is 7.05 Å². The van der Waals surface area contributed by atoms with Crippen molar-refractivity contribution in [2.45, 2.75) is 6.54 Å². The first-order valence-electron chi connectivity index (χ1n) is 4.91. The molecule has 1 aromatic carbocycles. The minimum Gasteiger partial charge on any atom is -0.452 e. The lowest BCUT2D eigenvalue weighted by Crippen LogP contribution is -2.41. The zero-order valence-electron chi connectivity index (χ0n) is 9.88. The van der Waals surface area contributed by atoms with Crippen molar-refractivity contribution in [3.8, 4) is 0 Å². The maximum absolute atomic E-state index is 11.7. The van der Waals surface area contributed by atoms with Crippen molar-refractivity contribution in [1.82, 2.24) is 9.03 Å². The molecule has 0 bridgehead atoms. The number of benzene rings is 1. The van der Waals surface area contributed by atoms with Crippen LogP contribution >= 0.6 is 15.9 Å². The van der Waals surface area contributed by atoms with Gasteiger partial charge in [-0.2, -0.15) is 12.7 Å². The predicted molar refractivity (Wildman–Crippen MR) is 70.1 cm³/mol. The van der Waals surface area contributed by atoms with Crippen LogP contribution in [0.1, 0.15) is 5.56 Å². The largest absolute Gasteiger partial charge is 0.452 e. The Morgan fingerprint density at radius 2 is 2.17 bits per heavy atom. The molecule has 1 amide bonds. The molecule has 0 radical (unpaired) electrons. The summed E-state index contributed by atoms with van der Waals surface area (Å²) >= 11 is 3.30. The van der Waals surface area contributed by atoms with Gasteiger partial charge in [-0.1, -0.05) is 28.1 Å². The highest BCUT2D eigenvalue weighted by Gasteiger charge is 2.20. The van der Waals surface area contributed by atoms with Gasteiger partial charge < -0.3 is 4.74 Å². The Balaban J connectivity index is 2.76. The lowest BCUT2D eigenvalue weighted by atomic mass is 10.2. The van der Waals surface area contributed by atoms with Crippen LogP contribution in [-0.4, -0.2) is 33.0 Å². The highest BCUT2D eigenvalue weighted by molar-refractivity contribution is 9.10. The zero-order chi connectivity index (χ0) is 13.8. The average Bonchev–Trinajstić information content (AvgIpc) is 2.28. The van der Waals surface area contributed by atoms with E-state index >= 15 is 0 Å². The normalized spacial score (nSPS) is 11.3. The molecule has 0 unspecified atom stereocenters. The third-order valence-electron chi connectivity index (χ3n) is 2.10. The highest BCUT2D eigenvalue weighted by atomic mass is 79.9. The summed E-state index contributed by atoms with van der Waals surface area (Å²) in [7, 11) is -1.43. The van der Waals surface area contributed by atoms with Crippen molar-refractivity contribution < 1.29 is 17.9 Å². The standard InChI is InChI=1S/C10H13BrN2O4S/c1-13(18(15,16)12-10(14)17-2)7-8-4-3-5-9(11)6-8/h3-6H,7H2,1-2H3,(H,12,14). The topological polar surface area (TPSA) is 75.7 Å². The maximum atomic E-state index is 11.7. The van der Waals surface area contributed by atoms with Crippen molar-refractivity contribution in [2.24, 2.45) is 0 Å². The van der Waals surface area contributed by atoms with Crippen molar-refractivity contribution in [3.63, 3.8) is 0 Å². The second kappa shape index (κ2) is 6.17. The fourth-order valence-electron chi connectivity index (χ4n) is 1.20. The van der Waals surface area contributed by atoms with Crippen LogP contribution in [0.4, 0.5) is 4.79 Å². The average molecular weight is 337 g/mol. The van der Waals surface area contributed by atoms with Crippen LogP contribution in [0.25, 0.3) is 0 Å². The highest BCUT2D eigenvalue weighted by Crippen LogP contribution is 2.13. The van der Waals surface area contributed by atoms with Gasteiger partial charge in [0.05, 0.1) is 7.11 Å². The lowest BCUT2D eigenvalue weighted by Gasteiger charge is -2.17. The summed E-state index contributed by atoms with van der Waals surface area (Å²) < 4.78 is 31.3. The number of nitrogens with zero attached hydrogens (tertiary/aromatic N) is 1. The molecule has 0 fully saturated rings. The second-order valence-corrected chi connectivity index (χ2v) is 6.18. The van der Waals surface area contributed by atoms with Crippen molar-refractivity contribution in [2.75, 3.05) is 14.2 Å². The summed E-state index contributed by atoms with van der Waals surface area (Å²) in [4.78, 5) is 10.9. The van der Waals surface area contributed by atoms with Crippen LogP contribution in [0.3, 0.4) is 0 Å². The Kier molecular flexibility index (Phi) is 5.12.